The SMILES string of the molecule is CC(CN)C(=O)N(C)Cc1ccccn1. The van der Waals surface area contributed by atoms with Crippen molar-refractivity contribution in [3.05, 3.63) is 30.1 Å². The predicted octanol–water partition coefficient (Wildman–Crippen LogP) is 0.635. The first-order chi connectivity index (χ1) is 7.15. The van der Waals surface area contributed by atoms with Gasteiger partial charge in [0, 0.05) is 25.7 Å². The standard InChI is InChI=1S/C11H17N3O/c1-9(7-12)11(15)14(2)8-10-5-3-4-6-13-10/h3-6,9H,7-8,12H2,1-2H3. The average Bonchev–Trinajstić information content (AvgIpc) is 2.28. The van der Waals surface area contributed by atoms with Crippen LogP contribution in [0.15, 0.2) is 24.4 Å². The Balaban J connectivity index is 2.56. The van der Waals surface area contributed by atoms with Crippen molar-refractivity contribution < 1.29 is 4.79 Å². The molecule has 0 radical (unpaired) electrons. The number of pyridine rings is 1. The van der Waals surface area contributed by atoms with E-state index in [1.165, 1.54) is 0 Å². The maximum Gasteiger partial charge on any atom is 0.226 e. The van der Waals surface area contributed by atoms with Crippen LogP contribution in [0.1, 0.15) is 12.6 Å². The molecule has 2 N–H and O–H groups in total. The maximum atomic E-state index is 11.7. The molecule has 0 aliphatic carbocycles. The van der Waals surface area contributed by atoms with Gasteiger partial charge < -0.3 is 10.6 Å². The molecule has 0 saturated carbocycles. The molecule has 1 atom stereocenters. The van der Waals surface area contributed by atoms with Gasteiger partial charge in [0.25, 0.3) is 0 Å². The second-order valence-electron chi connectivity index (χ2n) is 3.65. The van der Waals surface area contributed by atoms with Crippen molar-refractivity contribution in [2.75, 3.05) is 13.6 Å². The van der Waals surface area contributed by atoms with Crippen LogP contribution in [0.25, 0.3) is 0 Å². The van der Waals surface area contributed by atoms with Crippen LogP contribution in [-0.4, -0.2) is 29.4 Å². The fraction of sp³-hybridized carbons (Fsp3) is 0.455. The van der Waals surface area contributed by atoms with Gasteiger partial charge in [-0.1, -0.05) is 13.0 Å². The highest BCUT2D eigenvalue weighted by atomic mass is 16.2. The molecule has 0 bridgehead atoms. The lowest BCUT2D eigenvalue weighted by molar-refractivity contribution is -0.133. The Morgan fingerprint density at radius 3 is 2.87 bits per heavy atom. The van der Waals surface area contributed by atoms with Gasteiger partial charge in [0.2, 0.25) is 5.91 Å². The molecule has 0 saturated heterocycles. The van der Waals surface area contributed by atoms with Crippen molar-refractivity contribution in [3.8, 4) is 0 Å². The number of carbonyl (C=O) groups excluding carboxylic acids is 1. The smallest absolute Gasteiger partial charge is 0.226 e. The van der Waals surface area contributed by atoms with Crippen molar-refractivity contribution in [3.63, 3.8) is 0 Å². The van der Waals surface area contributed by atoms with E-state index in [1.807, 2.05) is 25.1 Å². The molecule has 0 spiro atoms. The number of carbonyl (C=O) groups is 1. The molecule has 1 rings (SSSR count). The van der Waals surface area contributed by atoms with E-state index in [-0.39, 0.29) is 11.8 Å². The van der Waals surface area contributed by atoms with E-state index >= 15 is 0 Å². The highest BCUT2D eigenvalue weighted by Gasteiger charge is 2.15. The Morgan fingerprint density at radius 1 is 1.60 bits per heavy atom. The van der Waals surface area contributed by atoms with Gasteiger partial charge in [-0.3, -0.25) is 9.78 Å². The number of hydrogen-bond acceptors (Lipinski definition) is 3. The lowest BCUT2D eigenvalue weighted by Gasteiger charge is -2.20. The molecule has 1 unspecified atom stereocenters. The summed E-state index contributed by atoms with van der Waals surface area (Å²) in [5.41, 5.74) is 6.33. The summed E-state index contributed by atoms with van der Waals surface area (Å²) in [6.45, 7) is 2.74. The molecule has 4 heteroatoms. The summed E-state index contributed by atoms with van der Waals surface area (Å²) < 4.78 is 0. The number of rotatable bonds is 4. The van der Waals surface area contributed by atoms with E-state index < -0.39 is 0 Å². The summed E-state index contributed by atoms with van der Waals surface area (Å²) in [5, 5.41) is 0. The first-order valence-corrected chi connectivity index (χ1v) is 5.00. The van der Waals surface area contributed by atoms with Gasteiger partial charge in [0.15, 0.2) is 0 Å². The second-order valence-corrected chi connectivity index (χ2v) is 3.65. The van der Waals surface area contributed by atoms with E-state index in [2.05, 4.69) is 4.98 Å². The number of aromatic nitrogens is 1. The van der Waals surface area contributed by atoms with Crippen LogP contribution in [0.4, 0.5) is 0 Å². The van der Waals surface area contributed by atoms with Gasteiger partial charge in [0.1, 0.15) is 0 Å². The molecule has 1 amide bonds. The van der Waals surface area contributed by atoms with Crippen molar-refractivity contribution in [2.24, 2.45) is 11.7 Å². The Hall–Kier alpha value is -1.42. The molecule has 15 heavy (non-hydrogen) atoms. The van der Waals surface area contributed by atoms with E-state index in [4.69, 9.17) is 5.73 Å². The molecule has 4 nitrogen and oxygen atoms in total. The Morgan fingerprint density at radius 2 is 2.33 bits per heavy atom. The minimum Gasteiger partial charge on any atom is -0.340 e. The Kier molecular flexibility index (Phi) is 4.24. The highest BCUT2D eigenvalue weighted by molar-refractivity contribution is 5.78. The molecule has 0 fully saturated rings. The van der Waals surface area contributed by atoms with Gasteiger partial charge >= 0.3 is 0 Å². The molecular weight excluding hydrogens is 190 g/mol. The third kappa shape index (κ3) is 3.32. The summed E-state index contributed by atoms with van der Waals surface area (Å²) in [6.07, 6.45) is 1.72. The van der Waals surface area contributed by atoms with E-state index in [9.17, 15) is 4.79 Å². The van der Waals surface area contributed by atoms with Crippen molar-refractivity contribution >= 4 is 5.91 Å². The van der Waals surface area contributed by atoms with Crippen molar-refractivity contribution in [1.82, 2.24) is 9.88 Å². The summed E-state index contributed by atoms with van der Waals surface area (Å²) >= 11 is 0. The molecule has 0 aliphatic rings. The molecule has 1 aromatic heterocycles. The van der Waals surface area contributed by atoms with Gasteiger partial charge in [0.05, 0.1) is 12.2 Å². The number of hydrogen-bond donors (Lipinski definition) is 1. The van der Waals surface area contributed by atoms with Gasteiger partial charge in [-0.15, -0.1) is 0 Å². The Bertz CT molecular complexity index is 313. The van der Waals surface area contributed by atoms with Crippen molar-refractivity contribution in [1.29, 1.82) is 0 Å². The third-order valence-corrected chi connectivity index (χ3v) is 2.28. The second kappa shape index (κ2) is 5.46. The number of nitrogens with zero attached hydrogens (tertiary/aromatic N) is 2. The van der Waals surface area contributed by atoms with Crippen LogP contribution in [0.3, 0.4) is 0 Å². The largest absolute Gasteiger partial charge is 0.340 e. The molecule has 82 valence electrons. The van der Waals surface area contributed by atoms with Crippen LogP contribution in [-0.2, 0) is 11.3 Å². The predicted molar refractivity (Wildman–Crippen MR) is 58.9 cm³/mol. The third-order valence-electron chi connectivity index (χ3n) is 2.28. The zero-order chi connectivity index (χ0) is 11.3. The minimum absolute atomic E-state index is 0.0585. The van der Waals surface area contributed by atoms with Crippen LogP contribution in [0.2, 0.25) is 0 Å². The van der Waals surface area contributed by atoms with Crippen LogP contribution in [0.5, 0.6) is 0 Å². The van der Waals surface area contributed by atoms with Gasteiger partial charge in [-0.2, -0.15) is 0 Å². The first-order valence-electron chi connectivity index (χ1n) is 5.00. The monoisotopic (exact) mass is 207 g/mol. The fourth-order valence-corrected chi connectivity index (χ4v) is 1.29. The van der Waals surface area contributed by atoms with Gasteiger partial charge in [-0.05, 0) is 12.1 Å². The van der Waals surface area contributed by atoms with E-state index in [1.54, 1.807) is 18.1 Å². The summed E-state index contributed by atoms with van der Waals surface area (Å²) in [4.78, 5) is 17.5. The zero-order valence-corrected chi connectivity index (χ0v) is 9.18. The molecule has 1 heterocycles. The van der Waals surface area contributed by atoms with E-state index in [0.717, 1.165) is 5.69 Å². The highest BCUT2D eigenvalue weighted by Crippen LogP contribution is 2.03. The summed E-state index contributed by atoms with van der Waals surface area (Å²) in [6, 6.07) is 5.66. The first kappa shape index (κ1) is 11.7. The molecule has 1 aromatic rings. The Labute approximate surface area is 90.1 Å². The number of nitrogens with two attached hydrogens (primary N) is 1. The van der Waals surface area contributed by atoms with Crippen LogP contribution in [0, 0.1) is 5.92 Å². The van der Waals surface area contributed by atoms with Crippen LogP contribution >= 0.6 is 0 Å². The fourth-order valence-electron chi connectivity index (χ4n) is 1.29. The molecular formula is C11H17N3O. The normalized spacial score (nSPS) is 12.2. The van der Waals surface area contributed by atoms with Crippen LogP contribution < -0.4 is 5.73 Å². The van der Waals surface area contributed by atoms with Crippen molar-refractivity contribution in [2.45, 2.75) is 13.5 Å². The van der Waals surface area contributed by atoms with Gasteiger partial charge in [-0.25, -0.2) is 0 Å². The lowest BCUT2D eigenvalue weighted by Crippen LogP contribution is -2.34. The maximum absolute atomic E-state index is 11.7. The number of amides is 1. The quantitative estimate of drug-likeness (QED) is 0.788. The minimum atomic E-state index is -0.126. The lowest BCUT2D eigenvalue weighted by atomic mass is 10.1. The summed E-state index contributed by atoms with van der Waals surface area (Å²) in [7, 11) is 1.77. The average molecular weight is 207 g/mol. The topological polar surface area (TPSA) is 59.2 Å². The molecule has 0 aliphatic heterocycles. The molecule has 0 aromatic carbocycles. The summed E-state index contributed by atoms with van der Waals surface area (Å²) in [5.74, 6) is -0.0677. The van der Waals surface area contributed by atoms with E-state index in [0.29, 0.717) is 13.1 Å². The zero-order valence-electron chi connectivity index (χ0n) is 9.18.